The Morgan fingerprint density at radius 2 is 2.11 bits per heavy atom. The van der Waals surface area contributed by atoms with Crippen molar-refractivity contribution >= 4 is 5.91 Å². The standard InChI is InChI=1S/C5H13N3O/c1-5(9)8-7-4-3-6-2/h6-7H,3-4H2,1-2H3,(H,8,9). The number of hydrogen-bond donors (Lipinski definition) is 3. The molecule has 0 heterocycles. The first-order valence-electron chi connectivity index (χ1n) is 2.91. The van der Waals surface area contributed by atoms with Crippen molar-refractivity contribution in [2.45, 2.75) is 6.92 Å². The summed E-state index contributed by atoms with van der Waals surface area (Å²) >= 11 is 0. The highest BCUT2D eigenvalue weighted by Crippen LogP contribution is 1.53. The molecule has 54 valence electrons. The molecule has 9 heavy (non-hydrogen) atoms. The maximum Gasteiger partial charge on any atom is 0.230 e. The summed E-state index contributed by atoms with van der Waals surface area (Å²) in [7, 11) is 1.86. The third-order valence-corrected chi connectivity index (χ3v) is 0.764. The van der Waals surface area contributed by atoms with Crippen molar-refractivity contribution in [2.75, 3.05) is 20.1 Å². The van der Waals surface area contributed by atoms with E-state index in [4.69, 9.17) is 0 Å². The van der Waals surface area contributed by atoms with Gasteiger partial charge in [0.2, 0.25) is 5.91 Å². The number of rotatable bonds is 4. The summed E-state index contributed by atoms with van der Waals surface area (Å²) in [5.41, 5.74) is 5.18. The molecule has 0 rings (SSSR count). The second-order valence-electron chi connectivity index (χ2n) is 1.71. The van der Waals surface area contributed by atoms with Crippen LogP contribution in [0.5, 0.6) is 0 Å². The van der Waals surface area contributed by atoms with Crippen LogP contribution in [0.3, 0.4) is 0 Å². The fraction of sp³-hybridized carbons (Fsp3) is 0.800. The van der Waals surface area contributed by atoms with Crippen LogP contribution in [0.4, 0.5) is 0 Å². The molecule has 0 aromatic heterocycles. The zero-order valence-corrected chi connectivity index (χ0v) is 5.82. The van der Waals surface area contributed by atoms with E-state index < -0.39 is 0 Å². The highest BCUT2D eigenvalue weighted by atomic mass is 16.2. The van der Waals surface area contributed by atoms with Gasteiger partial charge in [-0.3, -0.25) is 10.2 Å². The molecule has 4 nitrogen and oxygen atoms in total. The molecular weight excluding hydrogens is 118 g/mol. The predicted molar refractivity (Wildman–Crippen MR) is 35.7 cm³/mol. The van der Waals surface area contributed by atoms with E-state index in [1.54, 1.807) is 0 Å². The Bertz CT molecular complexity index is 84.3. The molecule has 0 bridgehead atoms. The number of nitrogens with one attached hydrogen (secondary N) is 3. The first-order chi connectivity index (χ1) is 4.27. The molecule has 0 fully saturated rings. The Hall–Kier alpha value is -0.610. The molecule has 0 spiro atoms. The second-order valence-corrected chi connectivity index (χ2v) is 1.71. The zero-order chi connectivity index (χ0) is 7.11. The number of hydrazine groups is 1. The van der Waals surface area contributed by atoms with Crippen LogP contribution in [-0.4, -0.2) is 26.0 Å². The van der Waals surface area contributed by atoms with E-state index in [0.717, 1.165) is 13.1 Å². The van der Waals surface area contributed by atoms with Crippen LogP contribution in [0.2, 0.25) is 0 Å². The summed E-state index contributed by atoms with van der Waals surface area (Å²) in [5, 5.41) is 2.93. The van der Waals surface area contributed by atoms with E-state index in [9.17, 15) is 4.79 Å². The Kier molecular flexibility index (Phi) is 5.15. The largest absolute Gasteiger partial charge is 0.318 e. The minimum Gasteiger partial charge on any atom is -0.318 e. The monoisotopic (exact) mass is 131 g/mol. The highest BCUT2D eigenvalue weighted by molar-refractivity contribution is 5.72. The summed E-state index contributed by atoms with van der Waals surface area (Å²) in [6.07, 6.45) is 0. The number of carbonyl (C=O) groups excluding carboxylic acids is 1. The topological polar surface area (TPSA) is 53.2 Å². The molecule has 0 unspecified atom stereocenters. The van der Waals surface area contributed by atoms with Gasteiger partial charge in [-0.15, -0.1) is 0 Å². The maximum atomic E-state index is 10.2. The van der Waals surface area contributed by atoms with Crippen LogP contribution in [-0.2, 0) is 4.79 Å². The lowest BCUT2D eigenvalue weighted by Crippen LogP contribution is -2.39. The molecule has 0 radical (unpaired) electrons. The normalized spacial score (nSPS) is 9.11. The van der Waals surface area contributed by atoms with Crippen molar-refractivity contribution in [3.05, 3.63) is 0 Å². The molecule has 0 saturated heterocycles. The van der Waals surface area contributed by atoms with Crippen LogP contribution in [0.15, 0.2) is 0 Å². The number of amides is 1. The van der Waals surface area contributed by atoms with Gasteiger partial charge in [0.1, 0.15) is 0 Å². The number of likely N-dealkylation sites (N-methyl/N-ethyl adjacent to an activating group) is 1. The fourth-order valence-electron chi connectivity index (χ4n) is 0.374. The number of hydrogen-bond acceptors (Lipinski definition) is 3. The van der Waals surface area contributed by atoms with E-state index in [0.29, 0.717) is 0 Å². The quantitative estimate of drug-likeness (QED) is 0.333. The van der Waals surface area contributed by atoms with Crippen molar-refractivity contribution < 1.29 is 4.79 Å². The lowest BCUT2D eigenvalue weighted by Gasteiger charge is -2.02. The molecular formula is C5H13N3O. The Balaban J connectivity index is 2.83. The minimum absolute atomic E-state index is 0.0638. The molecule has 0 atom stereocenters. The average Bonchev–Trinajstić information content (AvgIpc) is 1.80. The SMILES string of the molecule is CNCCNNC(C)=O. The third-order valence-electron chi connectivity index (χ3n) is 0.764. The van der Waals surface area contributed by atoms with Crippen LogP contribution in [0.25, 0.3) is 0 Å². The van der Waals surface area contributed by atoms with Crippen molar-refractivity contribution in [1.82, 2.24) is 16.2 Å². The third kappa shape index (κ3) is 7.39. The molecule has 1 amide bonds. The van der Waals surface area contributed by atoms with Gasteiger partial charge in [-0.1, -0.05) is 0 Å². The van der Waals surface area contributed by atoms with Crippen LogP contribution in [0, 0.1) is 0 Å². The van der Waals surface area contributed by atoms with Crippen molar-refractivity contribution in [3.8, 4) is 0 Å². The van der Waals surface area contributed by atoms with Crippen LogP contribution < -0.4 is 16.2 Å². The maximum absolute atomic E-state index is 10.2. The van der Waals surface area contributed by atoms with Crippen molar-refractivity contribution in [1.29, 1.82) is 0 Å². The van der Waals surface area contributed by atoms with Gasteiger partial charge in [0.15, 0.2) is 0 Å². The second kappa shape index (κ2) is 5.53. The molecule has 0 aliphatic carbocycles. The van der Waals surface area contributed by atoms with E-state index in [1.165, 1.54) is 6.92 Å². The van der Waals surface area contributed by atoms with Gasteiger partial charge in [-0.2, -0.15) is 0 Å². The zero-order valence-electron chi connectivity index (χ0n) is 5.82. The summed E-state index contributed by atoms with van der Waals surface area (Å²) < 4.78 is 0. The van der Waals surface area contributed by atoms with Gasteiger partial charge in [0, 0.05) is 20.0 Å². The Morgan fingerprint density at radius 3 is 2.56 bits per heavy atom. The van der Waals surface area contributed by atoms with Gasteiger partial charge >= 0.3 is 0 Å². The van der Waals surface area contributed by atoms with Crippen molar-refractivity contribution in [2.24, 2.45) is 0 Å². The van der Waals surface area contributed by atoms with Gasteiger partial charge < -0.3 is 5.32 Å². The predicted octanol–water partition coefficient (Wildman–Crippen LogP) is -1.15. The summed E-state index contributed by atoms with van der Waals surface area (Å²) in [6, 6.07) is 0. The molecule has 3 N–H and O–H groups in total. The Morgan fingerprint density at radius 1 is 1.44 bits per heavy atom. The lowest BCUT2D eigenvalue weighted by atomic mass is 10.6. The van der Waals surface area contributed by atoms with Gasteiger partial charge in [-0.25, -0.2) is 5.43 Å². The lowest BCUT2D eigenvalue weighted by molar-refractivity contribution is -0.119. The van der Waals surface area contributed by atoms with E-state index >= 15 is 0 Å². The molecule has 0 aliphatic heterocycles. The first-order valence-corrected chi connectivity index (χ1v) is 2.91. The average molecular weight is 131 g/mol. The molecule has 0 aliphatic rings. The van der Waals surface area contributed by atoms with E-state index in [2.05, 4.69) is 16.2 Å². The minimum atomic E-state index is -0.0638. The van der Waals surface area contributed by atoms with E-state index in [1.807, 2.05) is 7.05 Å². The Labute approximate surface area is 55.0 Å². The summed E-state index contributed by atoms with van der Waals surface area (Å²) in [4.78, 5) is 10.2. The first kappa shape index (κ1) is 8.39. The fourth-order valence-corrected chi connectivity index (χ4v) is 0.374. The smallest absolute Gasteiger partial charge is 0.230 e. The molecule has 4 heteroatoms. The molecule has 0 saturated carbocycles. The van der Waals surface area contributed by atoms with Crippen LogP contribution >= 0.6 is 0 Å². The van der Waals surface area contributed by atoms with E-state index in [-0.39, 0.29) is 5.91 Å². The summed E-state index contributed by atoms with van der Waals surface area (Å²) in [6.45, 7) is 3.06. The number of carbonyl (C=O) groups is 1. The van der Waals surface area contributed by atoms with Gasteiger partial charge in [-0.05, 0) is 7.05 Å². The molecule has 0 aromatic rings. The summed E-state index contributed by atoms with van der Waals surface area (Å²) in [5.74, 6) is -0.0638. The highest BCUT2D eigenvalue weighted by Gasteiger charge is 1.85. The van der Waals surface area contributed by atoms with Crippen molar-refractivity contribution in [3.63, 3.8) is 0 Å². The molecule has 0 aromatic carbocycles. The van der Waals surface area contributed by atoms with Crippen LogP contribution in [0.1, 0.15) is 6.92 Å². The van der Waals surface area contributed by atoms with Gasteiger partial charge in [0.05, 0.1) is 0 Å². The van der Waals surface area contributed by atoms with Gasteiger partial charge in [0.25, 0.3) is 0 Å².